The van der Waals surface area contributed by atoms with Gasteiger partial charge in [-0.2, -0.15) is 0 Å². The zero-order valence-corrected chi connectivity index (χ0v) is 16.2. The van der Waals surface area contributed by atoms with Crippen LogP contribution in [0.4, 0.5) is 11.4 Å². The molecule has 0 spiro atoms. The molecule has 0 saturated carbocycles. The van der Waals surface area contributed by atoms with Crippen molar-refractivity contribution in [2.75, 3.05) is 10.6 Å². The molecule has 6 heteroatoms. The molecular formula is C22H16Cl2N2O2. The summed E-state index contributed by atoms with van der Waals surface area (Å²) in [6.45, 7) is 0. The van der Waals surface area contributed by atoms with Gasteiger partial charge in [-0.25, -0.2) is 0 Å². The van der Waals surface area contributed by atoms with Gasteiger partial charge in [-0.15, -0.1) is 0 Å². The van der Waals surface area contributed by atoms with E-state index in [-0.39, 0.29) is 11.8 Å². The maximum atomic E-state index is 12.3. The second kappa shape index (κ2) is 9.22. The molecule has 140 valence electrons. The first-order valence-corrected chi connectivity index (χ1v) is 9.17. The number of nitrogens with one attached hydrogen (secondary N) is 2. The quantitative estimate of drug-likeness (QED) is 0.514. The molecule has 0 aliphatic carbocycles. The summed E-state index contributed by atoms with van der Waals surface area (Å²) in [5.41, 5.74) is 2.34. The highest BCUT2D eigenvalue weighted by Crippen LogP contribution is 2.19. The Bertz CT molecular complexity index is 1030. The molecule has 0 saturated heterocycles. The van der Waals surface area contributed by atoms with Gasteiger partial charge < -0.3 is 10.6 Å². The summed E-state index contributed by atoms with van der Waals surface area (Å²) < 4.78 is 0. The Morgan fingerprint density at radius 1 is 0.786 bits per heavy atom. The van der Waals surface area contributed by atoms with Gasteiger partial charge in [0.25, 0.3) is 5.91 Å². The summed E-state index contributed by atoms with van der Waals surface area (Å²) in [6, 6.07) is 20.8. The Balaban J connectivity index is 1.64. The van der Waals surface area contributed by atoms with Gasteiger partial charge in [0.1, 0.15) is 0 Å². The number of carbonyl (C=O) groups is 2. The average molecular weight is 411 g/mol. The summed E-state index contributed by atoms with van der Waals surface area (Å²) in [5, 5.41) is 6.54. The smallest absolute Gasteiger partial charge is 0.257 e. The highest BCUT2D eigenvalue weighted by Gasteiger charge is 2.10. The van der Waals surface area contributed by atoms with E-state index in [1.165, 1.54) is 6.08 Å². The largest absolute Gasteiger partial charge is 0.322 e. The molecule has 2 N–H and O–H groups in total. The fraction of sp³-hybridized carbons (Fsp3) is 0. The minimum Gasteiger partial charge on any atom is -0.322 e. The minimum absolute atomic E-state index is 0.287. The Kier molecular flexibility index (Phi) is 6.48. The zero-order valence-electron chi connectivity index (χ0n) is 14.7. The molecule has 4 nitrogen and oxygen atoms in total. The van der Waals surface area contributed by atoms with Crippen molar-refractivity contribution in [1.29, 1.82) is 0 Å². The second-order valence-corrected chi connectivity index (χ2v) is 6.73. The molecule has 0 aliphatic heterocycles. The molecule has 0 atom stereocenters. The van der Waals surface area contributed by atoms with E-state index in [1.54, 1.807) is 66.7 Å². The number of halogens is 2. The van der Waals surface area contributed by atoms with Crippen LogP contribution in [0.25, 0.3) is 6.08 Å². The van der Waals surface area contributed by atoms with Crippen molar-refractivity contribution in [2.45, 2.75) is 0 Å². The van der Waals surface area contributed by atoms with E-state index < -0.39 is 0 Å². The highest BCUT2D eigenvalue weighted by atomic mass is 35.5. The fourth-order valence-electron chi connectivity index (χ4n) is 2.45. The third-order valence-electron chi connectivity index (χ3n) is 3.80. The minimum atomic E-state index is -0.322. The molecule has 28 heavy (non-hydrogen) atoms. The van der Waals surface area contributed by atoms with E-state index in [9.17, 15) is 9.59 Å². The van der Waals surface area contributed by atoms with Gasteiger partial charge in [0.2, 0.25) is 5.91 Å². The van der Waals surface area contributed by atoms with Crippen LogP contribution in [0.2, 0.25) is 10.0 Å². The van der Waals surface area contributed by atoms with E-state index in [1.807, 2.05) is 12.1 Å². The third kappa shape index (κ3) is 5.46. The topological polar surface area (TPSA) is 58.2 Å². The summed E-state index contributed by atoms with van der Waals surface area (Å²) in [5.74, 6) is -0.610. The van der Waals surface area contributed by atoms with Crippen molar-refractivity contribution >= 4 is 52.5 Å². The fourth-order valence-corrected chi connectivity index (χ4v) is 2.80. The van der Waals surface area contributed by atoms with Crippen LogP contribution < -0.4 is 10.6 Å². The lowest BCUT2D eigenvalue weighted by atomic mass is 10.2. The van der Waals surface area contributed by atoms with Crippen LogP contribution in [0.3, 0.4) is 0 Å². The monoisotopic (exact) mass is 410 g/mol. The normalized spacial score (nSPS) is 10.6. The van der Waals surface area contributed by atoms with Crippen LogP contribution in [0.15, 0.2) is 78.9 Å². The molecule has 3 rings (SSSR count). The van der Waals surface area contributed by atoms with Crippen LogP contribution >= 0.6 is 23.2 Å². The lowest BCUT2D eigenvalue weighted by molar-refractivity contribution is -0.111. The highest BCUT2D eigenvalue weighted by molar-refractivity contribution is 6.34. The van der Waals surface area contributed by atoms with Gasteiger partial charge >= 0.3 is 0 Å². The van der Waals surface area contributed by atoms with E-state index in [0.29, 0.717) is 27.0 Å². The molecule has 0 heterocycles. The molecule has 0 aromatic heterocycles. The number of anilines is 2. The van der Waals surface area contributed by atoms with Gasteiger partial charge in [0.05, 0.1) is 10.6 Å². The van der Waals surface area contributed by atoms with E-state index in [0.717, 1.165) is 5.56 Å². The summed E-state index contributed by atoms with van der Waals surface area (Å²) >= 11 is 11.9. The van der Waals surface area contributed by atoms with Crippen LogP contribution in [0.1, 0.15) is 15.9 Å². The molecule has 0 bridgehead atoms. The van der Waals surface area contributed by atoms with E-state index >= 15 is 0 Å². The van der Waals surface area contributed by atoms with Gasteiger partial charge in [-0.3, -0.25) is 9.59 Å². The number of amides is 2. The Morgan fingerprint density at radius 3 is 2.18 bits per heavy atom. The number of hydrogen-bond donors (Lipinski definition) is 2. The molecule has 3 aromatic rings. The Morgan fingerprint density at radius 2 is 1.46 bits per heavy atom. The van der Waals surface area contributed by atoms with Crippen LogP contribution in [-0.2, 0) is 4.79 Å². The van der Waals surface area contributed by atoms with Crippen molar-refractivity contribution in [1.82, 2.24) is 0 Å². The number of carbonyl (C=O) groups excluding carboxylic acids is 2. The lowest BCUT2D eigenvalue weighted by Crippen LogP contribution is -2.13. The molecule has 2 amide bonds. The Labute approximate surface area is 172 Å². The van der Waals surface area contributed by atoms with Crippen molar-refractivity contribution in [3.8, 4) is 0 Å². The molecule has 0 radical (unpaired) electrons. The number of benzene rings is 3. The van der Waals surface area contributed by atoms with Gasteiger partial charge in [-0.1, -0.05) is 53.5 Å². The number of rotatable bonds is 5. The average Bonchev–Trinajstić information content (AvgIpc) is 2.68. The molecule has 0 unspecified atom stereocenters. The van der Waals surface area contributed by atoms with E-state index in [4.69, 9.17) is 23.2 Å². The lowest BCUT2D eigenvalue weighted by Gasteiger charge is -2.09. The maximum absolute atomic E-state index is 12.3. The first kappa shape index (κ1) is 19.7. The molecular weight excluding hydrogens is 395 g/mol. The van der Waals surface area contributed by atoms with Crippen molar-refractivity contribution in [3.05, 3.63) is 100 Å². The standard InChI is InChI=1S/C22H16Cl2N2O2/c23-16-11-8-15(9-12-16)10-13-21(27)25-17-4-3-5-18(14-17)26-22(28)19-6-1-2-7-20(19)24/h1-14H,(H,25,27)(H,26,28)/b13-10+. The summed E-state index contributed by atoms with van der Waals surface area (Å²) in [6.07, 6.45) is 3.12. The Hall–Kier alpha value is -3.08. The predicted octanol–water partition coefficient (Wildman–Crippen LogP) is 5.90. The van der Waals surface area contributed by atoms with Crippen LogP contribution in [0, 0.1) is 0 Å². The van der Waals surface area contributed by atoms with Crippen LogP contribution in [-0.4, -0.2) is 11.8 Å². The second-order valence-electron chi connectivity index (χ2n) is 5.89. The zero-order chi connectivity index (χ0) is 19.9. The maximum Gasteiger partial charge on any atom is 0.257 e. The molecule has 0 aliphatic rings. The van der Waals surface area contributed by atoms with Crippen LogP contribution in [0.5, 0.6) is 0 Å². The predicted molar refractivity (Wildman–Crippen MR) is 115 cm³/mol. The summed E-state index contributed by atoms with van der Waals surface area (Å²) in [4.78, 5) is 24.5. The van der Waals surface area contributed by atoms with Gasteiger partial charge in [0.15, 0.2) is 0 Å². The number of hydrogen-bond acceptors (Lipinski definition) is 2. The summed E-state index contributed by atoms with van der Waals surface area (Å²) in [7, 11) is 0. The van der Waals surface area contributed by atoms with Gasteiger partial charge in [0, 0.05) is 22.5 Å². The molecule has 3 aromatic carbocycles. The van der Waals surface area contributed by atoms with Crippen molar-refractivity contribution in [2.24, 2.45) is 0 Å². The molecule has 0 fully saturated rings. The third-order valence-corrected chi connectivity index (χ3v) is 4.39. The van der Waals surface area contributed by atoms with Gasteiger partial charge in [-0.05, 0) is 54.1 Å². The van der Waals surface area contributed by atoms with Crippen molar-refractivity contribution in [3.63, 3.8) is 0 Å². The first-order chi connectivity index (χ1) is 13.5. The van der Waals surface area contributed by atoms with E-state index in [2.05, 4.69) is 10.6 Å². The van der Waals surface area contributed by atoms with Crippen molar-refractivity contribution < 1.29 is 9.59 Å². The SMILES string of the molecule is O=C(/C=C/c1ccc(Cl)cc1)Nc1cccc(NC(=O)c2ccccc2Cl)c1. The first-order valence-electron chi connectivity index (χ1n) is 8.42.